The van der Waals surface area contributed by atoms with Crippen molar-refractivity contribution in [1.82, 2.24) is 24.4 Å². The van der Waals surface area contributed by atoms with Crippen LogP contribution < -0.4 is 20.9 Å². The van der Waals surface area contributed by atoms with Gasteiger partial charge in [0, 0.05) is 0 Å². The first-order chi connectivity index (χ1) is 17.6. The molecule has 1 saturated heterocycles. The van der Waals surface area contributed by atoms with E-state index in [0.717, 1.165) is 11.8 Å². The number of methoxy groups -OCH3 is 1. The molecule has 1 unspecified atom stereocenters. The van der Waals surface area contributed by atoms with Crippen molar-refractivity contribution >= 4 is 31.7 Å². The number of para-hydroxylation sites is 2. The molecule has 4 N–H and O–H groups in total. The molecule has 0 radical (unpaired) electrons. The molecule has 1 aliphatic rings. The number of anilines is 1. The van der Waals surface area contributed by atoms with E-state index in [4.69, 9.17) is 20.0 Å². The standard InChI is InChI=1S/C21H24FN6O8P/c1-10(18(31)33-3)28(37-32)36-12-7-5-4-6-11(12)34-8-13-15(29)21(2,22)19(35-13)27-9-24-14-16(27)25-20(23)26-17(14)30/h4-7,9-10,13,15,19,29H,8H2,1-3H3,(H3,23,25,26,30)/t10?,13-,15-,19-,21-/m1/s1. The summed E-state index contributed by atoms with van der Waals surface area (Å²) in [6, 6.07) is 5.25. The van der Waals surface area contributed by atoms with Crippen LogP contribution in [-0.4, -0.2) is 73.1 Å². The van der Waals surface area contributed by atoms with Crippen molar-refractivity contribution in [2.24, 2.45) is 0 Å². The summed E-state index contributed by atoms with van der Waals surface area (Å²) in [5, 5.41) is 10.7. The number of H-pyrrole nitrogens is 1. The number of halogens is 1. The van der Waals surface area contributed by atoms with Gasteiger partial charge in [0.25, 0.3) is 14.2 Å². The summed E-state index contributed by atoms with van der Waals surface area (Å²) in [6.07, 6.45) is -3.03. The monoisotopic (exact) mass is 538 g/mol. The van der Waals surface area contributed by atoms with Crippen LogP contribution in [0.15, 0.2) is 35.4 Å². The normalized spacial score (nSPS) is 24.4. The van der Waals surface area contributed by atoms with Crippen molar-refractivity contribution in [3.8, 4) is 11.5 Å². The highest BCUT2D eigenvalue weighted by molar-refractivity contribution is 7.20. The third kappa shape index (κ3) is 4.98. The molecule has 1 aliphatic heterocycles. The van der Waals surface area contributed by atoms with Gasteiger partial charge in [-0.25, -0.2) is 9.37 Å². The molecule has 198 valence electrons. The second-order valence-electron chi connectivity index (χ2n) is 8.33. The summed E-state index contributed by atoms with van der Waals surface area (Å²) in [7, 11) is 0.570. The largest absolute Gasteiger partial charge is 0.487 e. The number of aliphatic hydroxyl groups excluding tert-OH is 1. The second kappa shape index (κ2) is 10.4. The molecule has 1 aromatic carbocycles. The maximum Gasteiger partial charge on any atom is 0.327 e. The summed E-state index contributed by atoms with van der Waals surface area (Å²) in [4.78, 5) is 40.5. The molecule has 0 aliphatic carbocycles. The van der Waals surface area contributed by atoms with E-state index < -0.39 is 50.3 Å². The summed E-state index contributed by atoms with van der Waals surface area (Å²) in [5.41, 5.74) is 2.59. The quantitative estimate of drug-likeness (QED) is 0.201. The molecule has 0 bridgehead atoms. The number of nitrogens with one attached hydrogen (secondary N) is 1. The third-order valence-electron chi connectivity index (χ3n) is 5.82. The molecule has 3 aromatic rings. The number of hydrogen-bond donors (Lipinski definition) is 3. The van der Waals surface area contributed by atoms with Crippen molar-refractivity contribution < 1.29 is 37.9 Å². The lowest BCUT2D eigenvalue weighted by Gasteiger charge is -2.24. The van der Waals surface area contributed by atoms with Gasteiger partial charge in [0.15, 0.2) is 40.6 Å². The van der Waals surface area contributed by atoms with Crippen molar-refractivity contribution in [2.75, 3.05) is 19.5 Å². The molecule has 0 amide bonds. The molecule has 14 nitrogen and oxygen atoms in total. The summed E-state index contributed by atoms with van der Waals surface area (Å²) in [6.45, 7) is 2.25. The number of rotatable bonds is 9. The SMILES string of the molecule is COC(=O)C(C)N(Oc1ccccc1OC[C@H]1O[C@@H](n2cnc3c(=O)[nH]c(N)nc32)[C@](C)(F)[C@@H]1O)P=O. The van der Waals surface area contributed by atoms with Crippen LogP contribution in [0.3, 0.4) is 0 Å². The average Bonchev–Trinajstić information content (AvgIpc) is 3.39. The number of alkyl halides is 1. The molecule has 4 rings (SSSR count). The van der Waals surface area contributed by atoms with Crippen molar-refractivity contribution in [3.63, 3.8) is 0 Å². The minimum atomic E-state index is -2.33. The Balaban J connectivity index is 1.53. The topological polar surface area (TPSA) is 184 Å². The first-order valence-corrected chi connectivity index (χ1v) is 11.7. The van der Waals surface area contributed by atoms with Crippen LogP contribution in [0.4, 0.5) is 10.3 Å². The minimum absolute atomic E-state index is 0.0146. The van der Waals surface area contributed by atoms with Gasteiger partial charge in [-0.05, 0) is 30.8 Å². The maximum absolute atomic E-state index is 15.7. The number of fused-ring (bicyclic) bond motifs is 1. The Bertz CT molecular complexity index is 1370. The van der Waals surface area contributed by atoms with Gasteiger partial charge in [0.2, 0.25) is 5.95 Å². The van der Waals surface area contributed by atoms with Gasteiger partial charge >= 0.3 is 5.97 Å². The molecule has 5 atom stereocenters. The van der Waals surface area contributed by atoms with E-state index in [1.807, 2.05) is 0 Å². The number of benzene rings is 1. The number of hydrogen-bond acceptors (Lipinski definition) is 11. The van der Waals surface area contributed by atoms with Gasteiger partial charge in [-0.2, -0.15) is 4.98 Å². The zero-order valence-electron chi connectivity index (χ0n) is 19.9. The second-order valence-corrected chi connectivity index (χ2v) is 8.89. The molecular formula is C21H24FN6O8P. The minimum Gasteiger partial charge on any atom is -0.487 e. The highest BCUT2D eigenvalue weighted by Crippen LogP contribution is 2.42. The predicted octanol–water partition coefficient (Wildman–Crippen LogP) is 1.13. The highest BCUT2D eigenvalue weighted by Gasteiger charge is 2.55. The number of aromatic amines is 1. The summed E-state index contributed by atoms with van der Waals surface area (Å²) >= 11 is 0. The Morgan fingerprint density at radius 1 is 1.43 bits per heavy atom. The van der Waals surface area contributed by atoms with E-state index in [1.165, 1.54) is 37.1 Å². The van der Waals surface area contributed by atoms with Crippen LogP contribution in [0.2, 0.25) is 0 Å². The molecular weight excluding hydrogens is 514 g/mol. The van der Waals surface area contributed by atoms with Gasteiger partial charge < -0.3 is 29.9 Å². The average molecular weight is 538 g/mol. The van der Waals surface area contributed by atoms with Gasteiger partial charge in [-0.3, -0.25) is 23.7 Å². The number of imidazole rings is 1. The molecule has 0 spiro atoms. The van der Waals surface area contributed by atoms with Crippen molar-refractivity contribution in [1.29, 1.82) is 0 Å². The Labute approximate surface area is 210 Å². The van der Waals surface area contributed by atoms with Gasteiger partial charge in [-0.15, -0.1) is 0 Å². The van der Waals surface area contributed by atoms with E-state index in [-0.39, 0.29) is 35.2 Å². The van der Waals surface area contributed by atoms with E-state index in [9.17, 15) is 19.3 Å². The number of nitrogen functional groups attached to an aromatic ring is 1. The molecule has 3 heterocycles. The van der Waals surface area contributed by atoms with Crippen LogP contribution in [0.5, 0.6) is 11.5 Å². The fourth-order valence-corrected chi connectivity index (χ4v) is 4.17. The van der Waals surface area contributed by atoms with Crippen LogP contribution in [-0.2, 0) is 18.8 Å². The van der Waals surface area contributed by atoms with Gasteiger partial charge in [0.05, 0.1) is 13.4 Å². The number of hydroxylamine groups is 1. The van der Waals surface area contributed by atoms with Crippen LogP contribution in [0.1, 0.15) is 20.1 Å². The van der Waals surface area contributed by atoms with E-state index >= 15 is 4.39 Å². The fourth-order valence-electron chi connectivity index (χ4n) is 3.81. The van der Waals surface area contributed by atoms with Crippen molar-refractivity contribution in [2.45, 2.75) is 44.0 Å². The third-order valence-corrected chi connectivity index (χ3v) is 6.41. The van der Waals surface area contributed by atoms with Crippen molar-refractivity contribution in [3.05, 3.63) is 40.9 Å². The number of aromatic nitrogens is 4. The first-order valence-electron chi connectivity index (χ1n) is 10.9. The number of nitrogens with two attached hydrogens (primary N) is 1. The van der Waals surface area contributed by atoms with Gasteiger partial charge in [-0.1, -0.05) is 12.1 Å². The molecule has 16 heteroatoms. The molecule has 0 saturated carbocycles. The number of carbonyl (C=O) groups is 1. The maximum atomic E-state index is 15.7. The lowest BCUT2D eigenvalue weighted by Crippen LogP contribution is -2.41. The van der Waals surface area contributed by atoms with E-state index in [0.29, 0.717) is 0 Å². The molecule has 2 aromatic heterocycles. The predicted molar refractivity (Wildman–Crippen MR) is 125 cm³/mol. The number of aliphatic hydroxyl groups is 1. The molecule has 1 fully saturated rings. The van der Waals surface area contributed by atoms with Crippen LogP contribution in [0.25, 0.3) is 11.2 Å². The Morgan fingerprint density at radius 2 is 2.14 bits per heavy atom. The summed E-state index contributed by atoms with van der Waals surface area (Å²) in [5.74, 6) is -0.638. The molecule has 37 heavy (non-hydrogen) atoms. The number of esters is 1. The fraction of sp³-hybridized carbons (Fsp3) is 0.429. The smallest absolute Gasteiger partial charge is 0.327 e. The number of nitrogens with zero attached hydrogens (tertiary/aromatic N) is 4. The van der Waals surface area contributed by atoms with E-state index in [2.05, 4.69) is 19.7 Å². The van der Waals surface area contributed by atoms with Gasteiger partial charge in [0.1, 0.15) is 18.8 Å². The zero-order valence-corrected chi connectivity index (χ0v) is 20.8. The summed E-state index contributed by atoms with van der Waals surface area (Å²) < 4.78 is 44.6. The first kappa shape index (κ1) is 26.4. The number of carbonyl (C=O) groups excluding carboxylic acids is 1. The lowest BCUT2D eigenvalue weighted by atomic mass is 9.98. The Kier molecular flexibility index (Phi) is 7.41. The lowest BCUT2D eigenvalue weighted by molar-refractivity contribution is -0.151. The zero-order chi connectivity index (χ0) is 26.9. The number of ether oxygens (including phenoxy) is 3. The van der Waals surface area contributed by atoms with Crippen LogP contribution >= 0.6 is 8.61 Å². The highest BCUT2D eigenvalue weighted by atomic mass is 31.1. The Morgan fingerprint density at radius 3 is 2.81 bits per heavy atom. The Hall–Kier alpha value is -3.65. The van der Waals surface area contributed by atoms with E-state index in [1.54, 1.807) is 12.1 Å². The van der Waals surface area contributed by atoms with Crippen LogP contribution in [0, 0.1) is 0 Å².